The molecule has 2 aromatic rings. The van der Waals surface area contributed by atoms with Gasteiger partial charge in [0.2, 0.25) is 10.0 Å². The van der Waals surface area contributed by atoms with Crippen molar-refractivity contribution in [3.63, 3.8) is 0 Å². The fraction of sp³-hybridized carbons (Fsp3) is 0.526. The maximum atomic E-state index is 13.4. The lowest BCUT2D eigenvalue weighted by atomic mass is 10.1. The summed E-state index contributed by atoms with van der Waals surface area (Å²) >= 11 is 0. The molecule has 0 saturated carbocycles. The van der Waals surface area contributed by atoms with E-state index in [9.17, 15) is 8.42 Å². The minimum absolute atomic E-state index is 0.231. The fourth-order valence-corrected chi connectivity index (χ4v) is 5.83. The standard InChI is InChI=1S/C19H26N2O3S/c1-12(2)18-11-16(20-24-18)17-7-6-8-21(17)25(22,23)19-14(4)9-13(3)10-15(19)5/h9-12,17H,6-8H2,1-5H3. The molecule has 0 amide bonds. The molecule has 25 heavy (non-hydrogen) atoms. The van der Waals surface area contributed by atoms with Gasteiger partial charge in [-0.05, 0) is 44.7 Å². The van der Waals surface area contributed by atoms with Crippen LogP contribution < -0.4 is 0 Å². The van der Waals surface area contributed by atoms with Crippen molar-refractivity contribution in [2.45, 2.75) is 64.3 Å². The third-order valence-corrected chi connectivity index (χ3v) is 7.05. The first-order valence-corrected chi connectivity index (χ1v) is 10.2. The van der Waals surface area contributed by atoms with Gasteiger partial charge in [0.1, 0.15) is 11.5 Å². The summed E-state index contributed by atoms with van der Waals surface area (Å²) < 4.78 is 33.8. The number of aryl methyl sites for hydroxylation is 3. The van der Waals surface area contributed by atoms with Gasteiger partial charge in [0.25, 0.3) is 0 Å². The highest BCUT2D eigenvalue weighted by molar-refractivity contribution is 7.89. The molecule has 1 aliphatic heterocycles. The molecule has 0 spiro atoms. The Balaban J connectivity index is 2.01. The zero-order valence-electron chi connectivity index (χ0n) is 15.5. The third-order valence-electron chi connectivity index (χ3n) is 4.83. The lowest BCUT2D eigenvalue weighted by Crippen LogP contribution is -2.32. The first kappa shape index (κ1) is 18.1. The molecule has 0 radical (unpaired) electrons. The molecule has 1 atom stereocenters. The van der Waals surface area contributed by atoms with E-state index >= 15 is 0 Å². The molecule has 2 heterocycles. The highest BCUT2D eigenvalue weighted by Crippen LogP contribution is 2.38. The lowest BCUT2D eigenvalue weighted by molar-refractivity contribution is 0.338. The molecule has 1 aromatic heterocycles. The number of nitrogens with zero attached hydrogens (tertiary/aromatic N) is 2. The predicted molar refractivity (Wildman–Crippen MR) is 97.1 cm³/mol. The molecule has 0 N–H and O–H groups in total. The van der Waals surface area contributed by atoms with Gasteiger partial charge in [-0.3, -0.25) is 0 Å². The molecule has 1 aliphatic rings. The van der Waals surface area contributed by atoms with Gasteiger partial charge in [-0.1, -0.05) is 36.7 Å². The normalized spacial score (nSPS) is 19.0. The number of benzene rings is 1. The van der Waals surface area contributed by atoms with Crippen molar-refractivity contribution in [3.8, 4) is 0 Å². The van der Waals surface area contributed by atoms with E-state index in [0.717, 1.165) is 35.3 Å². The van der Waals surface area contributed by atoms with Crippen LogP contribution >= 0.6 is 0 Å². The topological polar surface area (TPSA) is 63.4 Å². The van der Waals surface area contributed by atoms with Gasteiger partial charge < -0.3 is 4.52 Å². The number of aromatic nitrogens is 1. The number of hydrogen-bond donors (Lipinski definition) is 0. The number of rotatable bonds is 4. The van der Waals surface area contributed by atoms with Crippen molar-refractivity contribution in [3.05, 3.63) is 46.3 Å². The zero-order chi connectivity index (χ0) is 18.4. The van der Waals surface area contributed by atoms with Gasteiger partial charge in [0.05, 0.1) is 10.9 Å². The van der Waals surface area contributed by atoms with Crippen LogP contribution in [0.3, 0.4) is 0 Å². The van der Waals surface area contributed by atoms with Gasteiger partial charge in [-0.2, -0.15) is 4.31 Å². The van der Waals surface area contributed by atoms with Crippen molar-refractivity contribution < 1.29 is 12.9 Å². The van der Waals surface area contributed by atoms with Crippen molar-refractivity contribution in [2.75, 3.05) is 6.54 Å². The molecule has 3 rings (SSSR count). The molecular weight excluding hydrogens is 336 g/mol. The second-order valence-corrected chi connectivity index (χ2v) is 9.14. The number of sulfonamides is 1. The fourth-order valence-electron chi connectivity index (χ4n) is 3.75. The van der Waals surface area contributed by atoms with E-state index in [-0.39, 0.29) is 12.0 Å². The maximum Gasteiger partial charge on any atom is 0.244 e. The molecule has 6 heteroatoms. The van der Waals surface area contributed by atoms with Gasteiger partial charge in [-0.15, -0.1) is 0 Å². The minimum Gasteiger partial charge on any atom is -0.361 e. The van der Waals surface area contributed by atoms with Crippen LogP contribution in [0.4, 0.5) is 0 Å². The quantitative estimate of drug-likeness (QED) is 0.816. The first-order valence-electron chi connectivity index (χ1n) is 8.78. The Hall–Kier alpha value is -1.66. The first-order chi connectivity index (χ1) is 11.7. The Morgan fingerprint density at radius 3 is 2.36 bits per heavy atom. The second-order valence-electron chi connectivity index (χ2n) is 7.31. The Kier molecular flexibility index (Phi) is 4.77. The molecule has 0 aliphatic carbocycles. The van der Waals surface area contributed by atoms with Crippen molar-refractivity contribution in [1.29, 1.82) is 0 Å². The molecule has 136 valence electrons. The van der Waals surface area contributed by atoms with Crippen LogP contribution in [0.15, 0.2) is 27.6 Å². The minimum atomic E-state index is -3.57. The Bertz CT molecular complexity index is 861. The molecule has 1 saturated heterocycles. The van der Waals surface area contributed by atoms with Crippen LogP contribution in [0, 0.1) is 20.8 Å². The summed E-state index contributed by atoms with van der Waals surface area (Å²) in [6, 6.07) is 5.51. The van der Waals surface area contributed by atoms with Crippen LogP contribution in [0.25, 0.3) is 0 Å². The Labute approximate surface area is 150 Å². The van der Waals surface area contributed by atoms with Crippen LogP contribution in [-0.4, -0.2) is 24.4 Å². The van der Waals surface area contributed by atoms with E-state index < -0.39 is 10.0 Å². The summed E-state index contributed by atoms with van der Waals surface area (Å²) in [7, 11) is -3.57. The van der Waals surface area contributed by atoms with E-state index in [1.54, 1.807) is 4.31 Å². The van der Waals surface area contributed by atoms with E-state index in [1.165, 1.54) is 0 Å². The zero-order valence-corrected chi connectivity index (χ0v) is 16.4. The lowest BCUT2D eigenvalue weighted by Gasteiger charge is -2.24. The van der Waals surface area contributed by atoms with Gasteiger partial charge in [0, 0.05) is 18.5 Å². The highest BCUT2D eigenvalue weighted by Gasteiger charge is 2.39. The van der Waals surface area contributed by atoms with Crippen LogP contribution in [0.2, 0.25) is 0 Å². The molecule has 1 unspecified atom stereocenters. The van der Waals surface area contributed by atoms with E-state index in [1.807, 2.05) is 52.8 Å². The molecule has 1 aromatic carbocycles. The second kappa shape index (κ2) is 6.57. The van der Waals surface area contributed by atoms with Crippen molar-refractivity contribution in [1.82, 2.24) is 9.46 Å². The molecule has 1 fully saturated rings. The average molecular weight is 362 g/mol. The Morgan fingerprint density at radius 2 is 1.80 bits per heavy atom. The van der Waals surface area contributed by atoms with Gasteiger partial charge in [0.15, 0.2) is 0 Å². The smallest absolute Gasteiger partial charge is 0.244 e. The SMILES string of the molecule is Cc1cc(C)c(S(=O)(=O)N2CCCC2c2cc(C(C)C)on2)c(C)c1. The Morgan fingerprint density at radius 1 is 1.16 bits per heavy atom. The van der Waals surface area contributed by atoms with E-state index in [2.05, 4.69) is 5.16 Å². The summed E-state index contributed by atoms with van der Waals surface area (Å²) in [6.45, 7) is 10.3. The summed E-state index contributed by atoms with van der Waals surface area (Å²) in [5, 5.41) is 4.15. The molecule has 5 nitrogen and oxygen atoms in total. The van der Waals surface area contributed by atoms with E-state index in [4.69, 9.17) is 4.52 Å². The average Bonchev–Trinajstić information content (AvgIpc) is 3.15. The highest BCUT2D eigenvalue weighted by atomic mass is 32.2. The van der Waals surface area contributed by atoms with E-state index in [0.29, 0.717) is 17.1 Å². The van der Waals surface area contributed by atoms with Crippen molar-refractivity contribution in [2.24, 2.45) is 0 Å². The summed E-state index contributed by atoms with van der Waals surface area (Å²) in [5.74, 6) is 1.02. The molecular formula is C19H26N2O3S. The van der Waals surface area contributed by atoms with Gasteiger partial charge >= 0.3 is 0 Å². The predicted octanol–water partition coefficient (Wildman–Crippen LogP) is 4.25. The van der Waals surface area contributed by atoms with Gasteiger partial charge in [-0.25, -0.2) is 8.42 Å². The summed E-state index contributed by atoms with van der Waals surface area (Å²) in [5.41, 5.74) is 3.38. The largest absolute Gasteiger partial charge is 0.361 e. The third kappa shape index (κ3) is 3.25. The van der Waals surface area contributed by atoms with Crippen molar-refractivity contribution >= 4 is 10.0 Å². The van der Waals surface area contributed by atoms with Crippen LogP contribution in [-0.2, 0) is 10.0 Å². The monoisotopic (exact) mass is 362 g/mol. The summed E-state index contributed by atoms with van der Waals surface area (Å²) in [4.78, 5) is 0.428. The summed E-state index contributed by atoms with van der Waals surface area (Å²) in [6.07, 6.45) is 1.60. The molecule has 0 bridgehead atoms. The van der Waals surface area contributed by atoms with Crippen LogP contribution in [0.1, 0.15) is 66.8 Å². The van der Waals surface area contributed by atoms with Crippen LogP contribution in [0.5, 0.6) is 0 Å². The maximum absolute atomic E-state index is 13.4. The number of hydrogen-bond acceptors (Lipinski definition) is 4.